The van der Waals surface area contributed by atoms with Crippen molar-refractivity contribution >= 4 is 11.7 Å². The Kier molecular flexibility index (Phi) is 5.98. The number of benzene rings is 3. The number of ether oxygens (including phenoxy) is 3. The summed E-state index contributed by atoms with van der Waals surface area (Å²) in [5.41, 5.74) is 2.62. The molecule has 7 nitrogen and oxygen atoms in total. The largest absolute Gasteiger partial charge is 0.507 e. The molecule has 8 heteroatoms. The summed E-state index contributed by atoms with van der Waals surface area (Å²) in [6.07, 6.45) is 0. The monoisotopic (exact) mass is 464 g/mol. The minimum Gasteiger partial charge on any atom is -0.507 e. The molecule has 0 bridgehead atoms. The van der Waals surface area contributed by atoms with E-state index in [4.69, 9.17) is 14.2 Å². The first kappa shape index (κ1) is 22.0. The Morgan fingerprint density at radius 1 is 1.00 bits per heavy atom. The number of piperazine rings is 1. The molecule has 1 N–H and O–H groups in total. The van der Waals surface area contributed by atoms with Gasteiger partial charge in [-0.25, -0.2) is 9.18 Å². The molecular formula is C26H25FN2O5. The van der Waals surface area contributed by atoms with Crippen molar-refractivity contribution < 1.29 is 28.5 Å². The van der Waals surface area contributed by atoms with Crippen molar-refractivity contribution in [3.63, 3.8) is 0 Å². The highest BCUT2D eigenvalue weighted by Gasteiger charge is 2.31. The summed E-state index contributed by atoms with van der Waals surface area (Å²) < 4.78 is 30.1. The van der Waals surface area contributed by atoms with Crippen molar-refractivity contribution in [3.05, 3.63) is 83.2 Å². The van der Waals surface area contributed by atoms with Crippen LogP contribution in [-0.2, 0) is 4.74 Å². The van der Waals surface area contributed by atoms with Crippen LogP contribution in [0.3, 0.4) is 0 Å². The molecule has 1 atom stereocenters. The zero-order valence-corrected chi connectivity index (χ0v) is 18.7. The van der Waals surface area contributed by atoms with E-state index in [1.807, 2.05) is 23.1 Å². The maximum absolute atomic E-state index is 14.3. The summed E-state index contributed by atoms with van der Waals surface area (Å²) in [7, 11) is 1.35. The number of carbonyl (C=O) groups excluding carboxylic acids is 1. The second kappa shape index (κ2) is 9.23. The van der Waals surface area contributed by atoms with Crippen LogP contribution in [0, 0.1) is 5.82 Å². The fourth-order valence-corrected chi connectivity index (χ4v) is 4.60. The zero-order chi connectivity index (χ0) is 23.7. The highest BCUT2D eigenvalue weighted by atomic mass is 19.1. The predicted octanol–water partition coefficient (Wildman–Crippen LogP) is 3.96. The first-order chi connectivity index (χ1) is 16.5. The molecule has 0 spiro atoms. The van der Waals surface area contributed by atoms with Crippen LogP contribution in [0.25, 0.3) is 0 Å². The molecule has 3 aromatic rings. The summed E-state index contributed by atoms with van der Waals surface area (Å²) >= 11 is 0. The van der Waals surface area contributed by atoms with E-state index in [-0.39, 0.29) is 24.4 Å². The minimum absolute atomic E-state index is 0.0998. The molecule has 34 heavy (non-hydrogen) atoms. The van der Waals surface area contributed by atoms with E-state index in [9.17, 15) is 14.3 Å². The number of halogens is 1. The number of phenolic OH excluding ortho intramolecular Hbond substituents is 1. The van der Waals surface area contributed by atoms with Gasteiger partial charge in [-0.2, -0.15) is 0 Å². The summed E-state index contributed by atoms with van der Waals surface area (Å²) in [5.74, 6) is 0.536. The standard InChI is InChI=1S/C26H25FN2O5/c1-32-26(31)18-8-6-17(7-9-18)25(19-14-23-24(15-22(19)30)34-16-33-23)29-12-10-28(11-13-29)21-5-3-2-4-20(21)27/h2-9,14-15,25,30H,10-13,16H2,1H3. The van der Waals surface area contributed by atoms with E-state index >= 15 is 0 Å². The van der Waals surface area contributed by atoms with Crippen molar-refractivity contribution in [1.29, 1.82) is 0 Å². The summed E-state index contributed by atoms with van der Waals surface area (Å²) in [6.45, 7) is 2.65. The van der Waals surface area contributed by atoms with E-state index in [0.29, 0.717) is 54.5 Å². The van der Waals surface area contributed by atoms with Crippen LogP contribution in [0.15, 0.2) is 60.7 Å². The average molecular weight is 464 g/mol. The van der Waals surface area contributed by atoms with Gasteiger partial charge in [0.05, 0.1) is 24.4 Å². The third-order valence-electron chi connectivity index (χ3n) is 6.34. The number of anilines is 1. The lowest BCUT2D eigenvalue weighted by Crippen LogP contribution is -2.48. The van der Waals surface area contributed by atoms with Gasteiger partial charge < -0.3 is 24.2 Å². The molecule has 0 aliphatic carbocycles. The Balaban J connectivity index is 1.47. The van der Waals surface area contributed by atoms with Crippen molar-refractivity contribution in [1.82, 2.24) is 4.90 Å². The molecule has 0 aromatic heterocycles. The maximum atomic E-state index is 14.3. The quantitative estimate of drug-likeness (QED) is 0.573. The van der Waals surface area contributed by atoms with Crippen LogP contribution in [0.1, 0.15) is 27.5 Å². The van der Waals surface area contributed by atoms with Gasteiger partial charge in [-0.1, -0.05) is 24.3 Å². The van der Waals surface area contributed by atoms with Gasteiger partial charge in [0.2, 0.25) is 6.79 Å². The summed E-state index contributed by atoms with van der Waals surface area (Å²) in [4.78, 5) is 16.2. The van der Waals surface area contributed by atoms with Gasteiger partial charge >= 0.3 is 5.97 Å². The highest BCUT2D eigenvalue weighted by Crippen LogP contribution is 2.43. The van der Waals surface area contributed by atoms with Crippen LogP contribution < -0.4 is 14.4 Å². The van der Waals surface area contributed by atoms with Gasteiger partial charge in [0.15, 0.2) is 11.5 Å². The minimum atomic E-state index is -0.410. The highest BCUT2D eigenvalue weighted by molar-refractivity contribution is 5.89. The SMILES string of the molecule is COC(=O)c1ccc(C(c2cc3c(cc2O)OCO3)N2CCN(c3ccccc3F)CC2)cc1. The lowest BCUT2D eigenvalue weighted by Gasteiger charge is -2.40. The van der Waals surface area contributed by atoms with Crippen molar-refractivity contribution in [3.8, 4) is 17.2 Å². The molecule has 1 unspecified atom stereocenters. The van der Waals surface area contributed by atoms with E-state index in [2.05, 4.69) is 4.90 Å². The molecule has 0 radical (unpaired) electrons. The molecule has 3 aromatic carbocycles. The number of hydrogen-bond acceptors (Lipinski definition) is 7. The lowest BCUT2D eigenvalue weighted by atomic mass is 9.94. The number of fused-ring (bicyclic) bond motifs is 1. The number of phenols is 1. The van der Waals surface area contributed by atoms with Gasteiger partial charge in [-0.3, -0.25) is 4.90 Å². The topological polar surface area (TPSA) is 71.5 Å². The molecule has 1 saturated heterocycles. The number of rotatable bonds is 5. The van der Waals surface area contributed by atoms with Crippen LogP contribution in [-0.4, -0.2) is 56.1 Å². The molecule has 2 heterocycles. The summed E-state index contributed by atoms with van der Waals surface area (Å²) in [5, 5.41) is 10.9. The first-order valence-corrected chi connectivity index (χ1v) is 11.1. The van der Waals surface area contributed by atoms with Gasteiger partial charge in [0.25, 0.3) is 0 Å². The fraction of sp³-hybridized carbons (Fsp3) is 0.269. The number of para-hydroxylation sites is 1. The molecular weight excluding hydrogens is 439 g/mol. The lowest BCUT2D eigenvalue weighted by molar-refractivity contribution is 0.0600. The van der Waals surface area contributed by atoms with E-state index < -0.39 is 5.97 Å². The Labute approximate surface area is 196 Å². The molecule has 5 rings (SSSR count). The van der Waals surface area contributed by atoms with Gasteiger partial charge in [-0.05, 0) is 35.9 Å². The second-order valence-electron chi connectivity index (χ2n) is 8.25. The average Bonchev–Trinajstić information content (AvgIpc) is 3.32. The van der Waals surface area contributed by atoms with Crippen LogP contribution in [0.4, 0.5) is 10.1 Å². The molecule has 0 amide bonds. The molecule has 0 saturated carbocycles. The van der Waals surface area contributed by atoms with E-state index in [1.54, 1.807) is 36.4 Å². The van der Waals surface area contributed by atoms with Crippen molar-refractivity contribution in [2.24, 2.45) is 0 Å². The normalized spacial score (nSPS) is 16.4. The molecule has 176 valence electrons. The third-order valence-corrected chi connectivity index (χ3v) is 6.34. The molecule has 1 fully saturated rings. The predicted molar refractivity (Wildman–Crippen MR) is 124 cm³/mol. The molecule has 2 aliphatic heterocycles. The second-order valence-corrected chi connectivity index (χ2v) is 8.25. The van der Waals surface area contributed by atoms with Crippen LogP contribution >= 0.6 is 0 Å². The first-order valence-electron chi connectivity index (χ1n) is 11.1. The number of nitrogens with zero attached hydrogens (tertiary/aromatic N) is 2. The van der Waals surface area contributed by atoms with E-state index in [0.717, 1.165) is 5.56 Å². The Morgan fingerprint density at radius 2 is 1.68 bits per heavy atom. The maximum Gasteiger partial charge on any atom is 0.337 e. The van der Waals surface area contributed by atoms with Crippen LogP contribution in [0.2, 0.25) is 0 Å². The van der Waals surface area contributed by atoms with Crippen LogP contribution in [0.5, 0.6) is 17.2 Å². The third kappa shape index (κ3) is 4.12. The zero-order valence-electron chi connectivity index (χ0n) is 18.7. The van der Waals surface area contributed by atoms with Crippen molar-refractivity contribution in [2.75, 3.05) is 45.0 Å². The number of esters is 1. The fourth-order valence-electron chi connectivity index (χ4n) is 4.60. The Bertz CT molecular complexity index is 1190. The summed E-state index contributed by atoms with van der Waals surface area (Å²) in [6, 6.07) is 17.0. The van der Waals surface area contributed by atoms with Gasteiger partial charge in [0, 0.05) is 37.8 Å². The van der Waals surface area contributed by atoms with E-state index in [1.165, 1.54) is 13.2 Å². The number of aromatic hydroxyl groups is 1. The van der Waals surface area contributed by atoms with Gasteiger partial charge in [-0.15, -0.1) is 0 Å². The Hall–Kier alpha value is -3.78. The smallest absolute Gasteiger partial charge is 0.337 e. The Morgan fingerprint density at radius 3 is 2.35 bits per heavy atom. The van der Waals surface area contributed by atoms with Gasteiger partial charge in [0.1, 0.15) is 11.6 Å². The molecule has 2 aliphatic rings. The number of hydrogen-bond donors (Lipinski definition) is 1. The van der Waals surface area contributed by atoms with Crippen molar-refractivity contribution in [2.45, 2.75) is 6.04 Å². The number of methoxy groups -OCH3 is 1. The number of carbonyl (C=O) groups is 1.